The first kappa shape index (κ1) is 11.5. The number of carbonyl (C=O) groups excluding carboxylic acids is 1. The zero-order valence-corrected chi connectivity index (χ0v) is 10.5. The van der Waals surface area contributed by atoms with Crippen molar-refractivity contribution in [1.82, 2.24) is 14.7 Å². The Balaban J connectivity index is 1.79. The topological polar surface area (TPSA) is 73.4 Å². The van der Waals surface area contributed by atoms with E-state index in [2.05, 4.69) is 5.10 Å². The summed E-state index contributed by atoms with van der Waals surface area (Å²) in [6.45, 7) is 4.00. The van der Waals surface area contributed by atoms with Crippen LogP contribution in [0.2, 0.25) is 0 Å². The first-order valence-electron chi connectivity index (χ1n) is 6.45. The molecule has 2 N–H and O–H groups in total. The van der Waals surface area contributed by atoms with Crippen molar-refractivity contribution in [2.45, 2.75) is 38.5 Å². The standard InChI is InChI=1S/C12H18N4O2/c1-2-16-7-10(13)11(14-16)12(17)15-5-8-3-4-9(6-15)18-8/h7-9H,2-6,13H2,1H3. The van der Waals surface area contributed by atoms with Crippen LogP contribution < -0.4 is 5.73 Å². The highest BCUT2D eigenvalue weighted by atomic mass is 16.5. The van der Waals surface area contributed by atoms with Crippen molar-refractivity contribution >= 4 is 11.6 Å². The van der Waals surface area contributed by atoms with Gasteiger partial charge in [-0.2, -0.15) is 5.10 Å². The number of carbonyl (C=O) groups is 1. The predicted octanol–water partition coefficient (Wildman–Crippen LogP) is 0.489. The maximum Gasteiger partial charge on any atom is 0.276 e. The molecule has 18 heavy (non-hydrogen) atoms. The second-order valence-corrected chi connectivity index (χ2v) is 4.96. The second-order valence-electron chi connectivity index (χ2n) is 4.96. The quantitative estimate of drug-likeness (QED) is 0.829. The van der Waals surface area contributed by atoms with Crippen LogP contribution in [-0.2, 0) is 11.3 Å². The van der Waals surface area contributed by atoms with Crippen LogP contribution >= 0.6 is 0 Å². The Kier molecular flexibility index (Phi) is 2.74. The number of likely N-dealkylation sites (tertiary alicyclic amines) is 1. The fourth-order valence-corrected chi connectivity index (χ4v) is 2.70. The van der Waals surface area contributed by atoms with Gasteiger partial charge < -0.3 is 15.4 Å². The number of aromatic nitrogens is 2. The first-order valence-corrected chi connectivity index (χ1v) is 6.45. The highest BCUT2D eigenvalue weighted by Gasteiger charge is 2.36. The van der Waals surface area contributed by atoms with Gasteiger partial charge in [0.1, 0.15) is 0 Å². The molecule has 2 fully saturated rings. The SMILES string of the molecule is CCn1cc(N)c(C(=O)N2CC3CCC(C2)O3)n1. The van der Waals surface area contributed by atoms with Crippen molar-refractivity contribution in [2.24, 2.45) is 0 Å². The van der Waals surface area contributed by atoms with E-state index in [1.807, 2.05) is 11.8 Å². The summed E-state index contributed by atoms with van der Waals surface area (Å²) in [6, 6.07) is 0. The van der Waals surface area contributed by atoms with E-state index in [9.17, 15) is 4.79 Å². The van der Waals surface area contributed by atoms with E-state index >= 15 is 0 Å². The Labute approximate surface area is 106 Å². The fourth-order valence-electron chi connectivity index (χ4n) is 2.70. The molecule has 1 aromatic rings. The van der Waals surface area contributed by atoms with Gasteiger partial charge in [-0.15, -0.1) is 0 Å². The molecule has 2 aliphatic heterocycles. The van der Waals surface area contributed by atoms with Crippen LogP contribution in [0.1, 0.15) is 30.3 Å². The Hall–Kier alpha value is -1.56. The number of hydrogen-bond donors (Lipinski definition) is 1. The van der Waals surface area contributed by atoms with Crippen molar-refractivity contribution in [1.29, 1.82) is 0 Å². The zero-order chi connectivity index (χ0) is 12.7. The van der Waals surface area contributed by atoms with Gasteiger partial charge in [0.05, 0.1) is 17.9 Å². The number of morpholine rings is 1. The second kappa shape index (κ2) is 4.28. The number of nitrogens with two attached hydrogens (primary N) is 1. The van der Waals surface area contributed by atoms with Crippen molar-refractivity contribution in [3.05, 3.63) is 11.9 Å². The van der Waals surface area contributed by atoms with Crippen molar-refractivity contribution in [3.63, 3.8) is 0 Å². The molecule has 1 amide bonds. The molecule has 3 rings (SSSR count). The molecule has 0 spiro atoms. The molecule has 6 heteroatoms. The number of ether oxygens (including phenoxy) is 1. The molecule has 2 bridgehead atoms. The van der Waals surface area contributed by atoms with E-state index in [0.29, 0.717) is 31.0 Å². The van der Waals surface area contributed by atoms with Crippen molar-refractivity contribution in [3.8, 4) is 0 Å². The number of rotatable bonds is 2. The molecule has 6 nitrogen and oxygen atoms in total. The first-order chi connectivity index (χ1) is 8.67. The average Bonchev–Trinajstić information content (AvgIpc) is 2.91. The lowest BCUT2D eigenvalue weighted by Gasteiger charge is -2.31. The van der Waals surface area contributed by atoms with E-state index in [4.69, 9.17) is 10.5 Å². The summed E-state index contributed by atoms with van der Waals surface area (Å²) in [5, 5.41) is 4.23. The molecule has 0 aliphatic carbocycles. The van der Waals surface area contributed by atoms with Crippen LogP contribution in [0.4, 0.5) is 5.69 Å². The third-order valence-corrected chi connectivity index (χ3v) is 3.65. The van der Waals surface area contributed by atoms with Crippen LogP contribution in [0.3, 0.4) is 0 Å². The van der Waals surface area contributed by atoms with Gasteiger partial charge in [-0.1, -0.05) is 0 Å². The Morgan fingerprint density at radius 1 is 1.50 bits per heavy atom. The normalized spacial score (nSPS) is 26.6. The molecule has 2 atom stereocenters. The number of hydrogen-bond acceptors (Lipinski definition) is 4. The van der Waals surface area contributed by atoms with Crippen LogP contribution in [0.25, 0.3) is 0 Å². The Bertz CT molecular complexity index is 459. The number of amides is 1. The van der Waals surface area contributed by atoms with Gasteiger partial charge >= 0.3 is 0 Å². The summed E-state index contributed by atoms with van der Waals surface area (Å²) in [4.78, 5) is 14.2. The highest BCUT2D eigenvalue weighted by molar-refractivity contribution is 5.97. The third-order valence-electron chi connectivity index (χ3n) is 3.65. The summed E-state index contributed by atoms with van der Waals surface area (Å²) in [6.07, 6.45) is 4.20. The number of aryl methyl sites for hydroxylation is 1. The molecule has 2 saturated heterocycles. The van der Waals surface area contributed by atoms with Crippen LogP contribution in [0, 0.1) is 0 Å². The van der Waals surface area contributed by atoms with Crippen molar-refractivity contribution in [2.75, 3.05) is 18.8 Å². The van der Waals surface area contributed by atoms with E-state index in [0.717, 1.165) is 12.8 Å². The predicted molar refractivity (Wildman–Crippen MR) is 66.1 cm³/mol. The molecule has 2 unspecified atom stereocenters. The summed E-state index contributed by atoms with van der Waals surface area (Å²) < 4.78 is 7.41. The molecule has 0 saturated carbocycles. The minimum Gasteiger partial charge on any atom is -0.396 e. The van der Waals surface area contributed by atoms with Gasteiger partial charge in [0.25, 0.3) is 5.91 Å². The summed E-state index contributed by atoms with van der Waals surface area (Å²) >= 11 is 0. The van der Waals surface area contributed by atoms with Gasteiger partial charge in [0.15, 0.2) is 5.69 Å². The van der Waals surface area contributed by atoms with E-state index in [-0.39, 0.29) is 18.1 Å². The molecule has 1 aromatic heterocycles. The number of nitrogens with zero attached hydrogens (tertiary/aromatic N) is 3. The van der Waals surface area contributed by atoms with Crippen LogP contribution in [0.15, 0.2) is 6.20 Å². The third kappa shape index (κ3) is 1.86. The average molecular weight is 250 g/mol. The molecular formula is C12H18N4O2. The summed E-state index contributed by atoms with van der Waals surface area (Å²) in [5.74, 6) is -0.0695. The zero-order valence-electron chi connectivity index (χ0n) is 10.5. The molecule has 3 heterocycles. The fraction of sp³-hybridized carbons (Fsp3) is 0.667. The van der Waals surface area contributed by atoms with E-state index < -0.39 is 0 Å². The molecule has 0 radical (unpaired) electrons. The molecule has 2 aliphatic rings. The Morgan fingerprint density at radius 2 is 2.17 bits per heavy atom. The maximum atomic E-state index is 12.4. The minimum atomic E-state index is -0.0695. The van der Waals surface area contributed by atoms with E-state index in [1.165, 1.54) is 0 Å². The maximum absolute atomic E-state index is 12.4. The minimum absolute atomic E-state index is 0.0695. The lowest BCUT2D eigenvalue weighted by Crippen LogP contribution is -2.46. The largest absolute Gasteiger partial charge is 0.396 e. The van der Waals surface area contributed by atoms with E-state index in [1.54, 1.807) is 10.9 Å². The van der Waals surface area contributed by atoms with Crippen LogP contribution in [-0.4, -0.2) is 45.9 Å². The lowest BCUT2D eigenvalue weighted by molar-refractivity contribution is -0.0305. The highest BCUT2D eigenvalue weighted by Crippen LogP contribution is 2.27. The van der Waals surface area contributed by atoms with Crippen molar-refractivity contribution < 1.29 is 9.53 Å². The summed E-state index contributed by atoms with van der Waals surface area (Å²) in [5.41, 5.74) is 6.68. The monoisotopic (exact) mass is 250 g/mol. The van der Waals surface area contributed by atoms with Gasteiger partial charge in [-0.25, -0.2) is 0 Å². The molecule has 0 aromatic carbocycles. The number of nitrogen functional groups attached to an aromatic ring is 1. The Morgan fingerprint density at radius 3 is 2.72 bits per heavy atom. The molecule has 98 valence electrons. The molecular weight excluding hydrogens is 232 g/mol. The van der Waals surface area contributed by atoms with Gasteiger partial charge in [0.2, 0.25) is 0 Å². The van der Waals surface area contributed by atoms with Gasteiger partial charge in [-0.05, 0) is 19.8 Å². The van der Waals surface area contributed by atoms with Crippen LogP contribution in [0.5, 0.6) is 0 Å². The smallest absolute Gasteiger partial charge is 0.276 e. The van der Waals surface area contributed by atoms with Gasteiger partial charge in [0, 0.05) is 25.8 Å². The van der Waals surface area contributed by atoms with Gasteiger partial charge in [-0.3, -0.25) is 9.48 Å². The summed E-state index contributed by atoms with van der Waals surface area (Å²) in [7, 11) is 0. The number of fused-ring (bicyclic) bond motifs is 2. The number of anilines is 1. The lowest BCUT2D eigenvalue weighted by atomic mass is 10.2.